The first-order valence-corrected chi connectivity index (χ1v) is 6.62. The van der Waals surface area contributed by atoms with Gasteiger partial charge in [0.2, 0.25) is 5.95 Å². The number of nitrogens with two attached hydrogens (primary N) is 1. The van der Waals surface area contributed by atoms with Crippen LogP contribution in [0.3, 0.4) is 0 Å². The van der Waals surface area contributed by atoms with E-state index in [4.69, 9.17) is 19.6 Å². The maximum absolute atomic E-state index is 5.81. The number of benzene rings is 1. The van der Waals surface area contributed by atoms with Crippen molar-refractivity contribution in [3.8, 4) is 34.2 Å². The highest BCUT2D eigenvalue weighted by Crippen LogP contribution is 2.32. The topological polar surface area (TPSA) is 83.4 Å². The van der Waals surface area contributed by atoms with Crippen molar-refractivity contribution in [3.63, 3.8) is 0 Å². The summed E-state index contributed by atoms with van der Waals surface area (Å²) in [5.41, 5.74) is 7.96. The summed E-state index contributed by atoms with van der Waals surface area (Å²) >= 11 is 0. The van der Waals surface area contributed by atoms with Gasteiger partial charge in [-0.2, -0.15) is 0 Å². The number of anilines is 1. The monoisotopic (exact) mass is 297 g/mol. The number of nitrogens with zero attached hydrogens (tertiary/aromatic N) is 2. The SMILES string of the molecule is COc1ccc(-c2cc(-c3ccco3)nc(N)n2)cc1OC. The van der Waals surface area contributed by atoms with Gasteiger partial charge in [-0.05, 0) is 36.4 Å². The zero-order valence-electron chi connectivity index (χ0n) is 12.2. The lowest BCUT2D eigenvalue weighted by Gasteiger charge is -2.10. The summed E-state index contributed by atoms with van der Waals surface area (Å²) in [7, 11) is 3.18. The Bertz CT molecular complexity index is 785. The highest BCUT2D eigenvalue weighted by atomic mass is 16.5. The van der Waals surface area contributed by atoms with Crippen LogP contribution in [0.1, 0.15) is 0 Å². The summed E-state index contributed by atoms with van der Waals surface area (Å²) in [5, 5.41) is 0. The van der Waals surface area contributed by atoms with E-state index in [1.165, 1.54) is 0 Å². The Balaban J connectivity index is 2.08. The molecule has 1 aromatic carbocycles. The number of methoxy groups -OCH3 is 2. The van der Waals surface area contributed by atoms with Crippen LogP contribution in [0.5, 0.6) is 11.5 Å². The molecular formula is C16H15N3O3. The second-order valence-corrected chi connectivity index (χ2v) is 4.54. The van der Waals surface area contributed by atoms with Gasteiger partial charge in [-0.1, -0.05) is 0 Å². The Labute approximate surface area is 127 Å². The predicted molar refractivity (Wildman–Crippen MR) is 82.7 cm³/mol. The fourth-order valence-electron chi connectivity index (χ4n) is 2.16. The molecule has 6 heteroatoms. The zero-order valence-corrected chi connectivity index (χ0v) is 12.2. The molecule has 112 valence electrons. The van der Waals surface area contributed by atoms with Crippen molar-refractivity contribution in [2.24, 2.45) is 0 Å². The number of furan rings is 1. The lowest BCUT2D eigenvalue weighted by Crippen LogP contribution is -1.99. The Kier molecular flexibility index (Phi) is 3.65. The van der Waals surface area contributed by atoms with Crippen molar-refractivity contribution < 1.29 is 13.9 Å². The minimum Gasteiger partial charge on any atom is -0.493 e. The number of aromatic nitrogens is 2. The number of hydrogen-bond acceptors (Lipinski definition) is 6. The van der Waals surface area contributed by atoms with Crippen LogP contribution < -0.4 is 15.2 Å². The molecule has 2 heterocycles. The van der Waals surface area contributed by atoms with Crippen LogP contribution in [-0.2, 0) is 0 Å². The Morgan fingerprint density at radius 1 is 0.955 bits per heavy atom. The summed E-state index contributed by atoms with van der Waals surface area (Å²) in [6.07, 6.45) is 1.59. The van der Waals surface area contributed by atoms with E-state index in [1.54, 1.807) is 26.5 Å². The molecule has 2 aromatic heterocycles. The third-order valence-electron chi connectivity index (χ3n) is 3.20. The fourth-order valence-corrected chi connectivity index (χ4v) is 2.16. The third kappa shape index (κ3) is 2.58. The van der Waals surface area contributed by atoms with Crippen molar-refractivity contribution in [2.75, 3.05) is 20.0 Å². The van der Waals surface area contributed by atoms with Gasteiger partial charge in [-0.15, -0.1) is 0 Å². The van der Waals surface area contributed by atoms with Crippen molar-refractivity contribution in [3.05, 3.63) is 42.7 Å². The van der Waals surface area contributed by atoms with E-state index in [0.29, 0.717) is 28.6 Å². The molecule has 0 bridgehead atoms. The molecule has 0 aliphatic carbocycles. The van der Waals surface area contributed by atoms with Gasteiger partial charge >= 0.3 is 0 Å². The van der Waals surface area contributed by atoms with Gasteiger partial charge < -0.3 is 19.6 Å². The maximum Gasteiger partial charge on any atom is 0.221 e. The molecule has 3 rings (SSSR count). The molecule has 0 unspecified atom stereocenters. The van der Waals surface area contributed by atoms with E-state index >= 15 is 0 Å². The maximum atomic E-state index is 5.81. The molecule has 0 fully saturated rings. The molecule has 22 heavy (non-hydrogen) atoms. The van der Waals surface area contributed by atoms with Crippen LogP contribution in [0.2, 0.25) is 0 Å². The molecule has 0 radical (unpaired) electrons. The summed E-state index contributed by atoms with van der Waals surface area (Å²) in [6.45, 7) is 0. The first-order valence-electron chi connectivity index (χ1n) is 6.62. The highest BCUT2D eigenvalue weighted by molar-refractivity contribution is 5.69. The molecule has 0 aliphatic rings. The standard InChI is InChI=1S/C16H15N3O3/c1-20-14-6-5-10(8-15(14)21-2)11-9-12(19-16(17)18-11)13-4-3-7-22-13/h3-9H,1-2H3,(H2,17,18,19). The largest absolute Gasteiger partial charge is 0.493 e. The van der Waals surface area contributed by atoms with Crippen molar-refractivity contribution in [2.45, 2.75) is 0 Å². The number of rotatable bonds is 4. The first-order chi connectivity index (χ1) is 10.7. The number of ether oxygens (including phenoxy) is 2. The minimum atomic E-state index is 0.179. The van der Waals surface area contributed by atoms with Gasteiger partial charge in [-0.25, -0.2) is 9.97 Å². The van der Waals surface area contributed by atoms with E-state index < -0.39 is 0 Å². The molecule has 0 atom stereocenters. The third-order valence-corrected chi connectivity index (χ3v) is 3.20. The van der Waals surface area contributed by atoms with Gasteiger partial charge in [0.1, 0.15) is 5.69 Å². The summed E-state index contributed by atoms with van der Waals surface area (Å²) in [4.78, 5) is 8.47. The van der Waals surface area contributed by atoms with Crippen molar-refractivity contribution >= 4 is 5.95 Å². The zero-order chi connectivity index (χ0) is 15.5. The van der Waals surface area contributed by atoms with E-state index in [1.807, 2.05) is 30.3 Å². The second kappa shape index (κ2) is 5.77. The summed E-state index contributed by atoms with van der Waals surface area (Å²) in [6, 6.07) is 11.0. The van der Waals surface area contributed by atoms with Gasteiger partial charge in [0.05, 0.1) is 26.2 Å². The Morgan fingerprint density at radius 3 is 2.41 bits per heavy atom. The predicted octanol–water partition coefficient (Wildman–Crippen LogP) is 3.00. The first kappa shape index (κ1) is 13.9. The van der Waals surface area contributed by atoms with Crippen LogP contribution in [0.4, 0.5) is 5.95 Å². The summed E-state index contributed by atoms with van der Waals surface area (Å²) < 4.78 is 15.9. The van der Waals surface area contributed by atoms with Crippen molar-refractivity contribution in [1.82, 2.24) is 9.97 Å². The molecule has 0 aliphatic heterocycles. The van der Waals surface area contributed by atoms with Crippen LogP contribution >= 0.6 is 0 Å². The van der Waals surface area contributed by atoms with E-state index in [2.05, 4.69) is 9.97 Å². The van der Waals surface area contributed by atoms with E-state index in [-0.39, 0.29) is 5.95 Å². The summed E-state index contributed by atoms with van der Waals surface area (Å²) in [5.74, 6) is 2.09. The van der Waals surface area contributed by atoms with Crippen molar-refractivity contribution in [1.29, 1.82) is 0 Å². The lowest BCUT2D eigenvalue weighted by molar-refractivity contribution is 0.355. The fraction of sp³-hybridized carbons (Fsp3) is 0.125. The lowest BCUT2D eigenvalue weighted by atomic mass is 10.1. The van der Waals surface area contributed by atoms with Crippen LogP contribution in [0.25, 0.3) is 22.7 Å². The van der Waals surface area contributed by atoms with Crippen LogP contribution in [0, 0.1) is 0 Å². The number of hydrogen-bond donors (Lipinski definition) is 1. The highest BCUT2D eigenvalue weighted by Gasteiger charge is 2.11. The molecule has 0 saturated heterocycles. The van der Waals surface area contributed by atoms with Gasteiger partial charge in [0, 0.05) is 5.56 Å². The Morgan fingerprint density at radius 2 is 1.73 bits per heavy atom. The normalized spacial score (nSPS) is 10.5. The van der Waals surface area contributed by atoms with Gasteiger partial charge in [0.25, 0.3) is 0 Å². The molecule has 2 N–H and O–H groups in total. The molecule has 0 spiro atoms. The quantitative estimate of drug-likeness (QED) is 0.797. The molecular weight excluding hydrogens is 282 g/mol. The average Bonchev–Trinajstić information content (AvgIpc) is 3.08. The average molecular weight is 297 g/mol. The molecule has 6 nitrogen and oxygen atoms in total. The van der Waals surface area contributed by atoms with Crippen LogP contribution in [0.15, 0.2) is 47.1 Å². The smallest absolute Gasteiger partial charge is 0.221 e. The molecule has 0 amide bonds. The van der Waals surface area contributed by atoms with Gasteiger partial charge in [-0.3, -0.25) is 0 Å². The number of nitrogen functional groups attached to an aromatic ring is 1. The molecule has 0 saturated carbocycles. The minimum absolute atomic E-state index is 0.179. The van der Waals surface area contributed by atoms with E-state index in [0.717, 1.165) is 5.56 Å². The van der Waals surface area contributed by atoms with Gasteiger partial charge in [0.15, 0.2) is 17.3 Å². The molecule has 3 aromatic rings. The second-order valence-electron chi connectivity index (χ2n) is 4.54. The van der Waals surface area contributed by atoms with Crippen LogP contribution in [-0.4, -0.2) is 24.2 Å². The Hall–Kier alpha value is -3.02. The van der Waals surface area contributed by atoms with E-state index in [9.17, 15) is 0 Å².